The van der Waals surface area contributed by atoms with E-state index in [4.69, 9.17) is 0 Å². The van der Waals surface area contributed by atoms with Gasteiger partial charge in [0, 0.05) is 0 Å². The lowest BCUT2D eigenvalue weighted by Crippen LogP contribution is -2.05. The van der Waals surface area contributed by atoms with E-state index in [0.29, 0.717) is 0 Å². The van der Waals surface area contributed by atoms with Gasteiger partial charge in [-0.05, 0) is 12.8 Å². The third-order valence-electron chi connectivity index (χ3n) is 0.789. The maximum absolute atomic E-state index is 4.57. The lowest BCUT2D eigenvalue weighted by Gasteiger charge is -2.07. The molecular weight excluding hydrogens is 99.0 g/mol. The summed E-state index contributed by atoms with van der Waals surface area (Å²) in [5.74, 6) is 0. The fourth-order valence-corrected chi connectivity index (χ4v) is 0.440. The summed E-state index contributed by atoms with van der Waals surface area (Å²) in [4.78, 5) is 9.14. The van der Waals surface area contributed by atoms with Crippen molar-refractivity contribution in [1.29, 1.82) is 0 Å². The molecule has 0 unspecified atom stereocenters. The molecule has 0 aromatic rings. The Kier molecular flexibility index (Phi) is 3.93. The van der Waals surface area contributed by atoms with E-state index in [1.54, 1.807) is 0 Å². The highest BCUT2D eigenvalue weighted by molar-refractivity contribution is 4.36. The van der Waals surface area contributed by atoms with E-state index in [1.807, 2.05) is 0 Å². The second-order valence-electron chi connectivity index (χ2n) is 1.35. The van der Waals surface area contributed by atoms with Crippen LogP contribution in [0.4, 0.5) is 4.70 Å². The molecule has 0 spiro atoms. The van der Waals surface area contributed by atoms with E-state index in [2.05, 4.69) is 9.78 Å². The number of hydrogen-bond donors (Lipinski definition) is 0. The fraction of sp³-hybridized carbons (Fsp3) is 1.00. The molecule has 1 saturated heterocycles. The van der Waals surface area contributed by atoms with Gasteiger partial charge in [0.05, 0.1) is 13.2 Å². The summed E-state index contributed by atoms with van der Waals surface area (Å²) >= 11 is 0. The Morgan fingerprint density at radius 2 is 1.29 bits per heavy atom. The SMILES string of the molecule is C1CCOOC1.F. The summed E-state index contributed by atoms with van der Waals surface area (Å²) in [7, 11) is 0. The summed E-state index contributed by atoms with van der Waals surface area (Å²) in [5, 5.41) is 0. The standard InChI is InChI=1S/C4H8O2.FH/c1-2-4-6-5-3-1;/h1-4H2;1H. The van der Waals surface area contributed by atoms with Crippen molar-refractivity contribution in [3.8, 4) is 0 Å². The molecule has 3 heteroatoms. The van der Waals surface area contributed by atoms with Crippen molar-refractivity contribution in [2.24, 2.45) is 0 Å². The van der Waals surface area contributed by atoms with E-state index in [-0.39, 0.29) is 4.70 Å². The molecule has 7 heavy (non-hydrogen) atoms. The lowest BCUT2D eigenvalue weighted by atomic mass is 10.3. The molecule has 0 saturated carbocycles. The zero-order chi connectivity index (χ0) is 4.24. The van der Waals surface area contributed by atoms with Crippen molar-refractivity contribution in [3.05, 3.63) is 0 Å². The smallest absolute Gasteiger partial charge is 0.0823 e. The van der Waals surface area contributed by atoms with E-state index < -0.39 is 0 Å². The van der Waals surface area contributed by atoms with Gasteiger partial charge in [-0.25, -0.2) is 9.78 Å². The van der Waals surface area contributed by atoms with Gasteiger partial charge in [0.15, 0.2) is 0 Å². The average molecular weight is 108 g/mol. The van der Waals surface area contributed by atoms with Crippen molar-refractivity contribution in [1.82, 2.24) is 0 Å². The minimum absolute atomic E-state index is 0. The average Bonchev–Trinajstić information content (AvgIpc) is 1.72. The molecule has 2 nitrogen and oxygen atoms in total. The summed E-state index contributed by atoms with van der Waals surface area (Å²) < 4.78 is 0. The fourth-order valence-electron chi connectivity index (χ4n) is 0.440. The summed E-state index contributed by atoms with van der Waals surface area (Å²) in [6.07, 6.45) is 2.31. The van der Waals surface area contributed by atoms with Gasteiger partial charge in [-0.1, -0.05) is 0 Å². The predicted octanol–water partition coefficient (Wildman–Crippen LogP) is 0.881. The molecular formula is C4H9FO2. The van der Waals surface area contributed by atoms with Crippen LogP contribution in [-0.2, 0) is 9.78 Å². The Balaban J connectivity index is 0.000000360. The van der Waals surface area contributed by atoms with Crippen molar-refractivity contribution >= 4 is 0 Å². The molecule has 0 N–H and O–H groups in total. The highest BCUT2D eigenvalue weighted by atomic mass is 19.0. The topological polar surface area (TPSA) is 18.5 Å². The first-order chi connectivity index (χ1) is 3.00. The van der Waals surface area contributed by atoms with Crippen LogP contribution in [0.25, 0.3) is 0 Å². The zero-order valence-corrected chi connectivity index (χ0v) is 4.05. The molecule has 0 radical (unpaired) electrons. The molecule has 1 heterocycles. The van der Waals surface area contributed by atoms with Gasteiger partial charge in [0.2, 0.25) is 0 Å². The Morgan fingerprint density at radius 1 is 0.857 bits per heavy atom. The molecule has 44 valence electrons. The quantitative estimate of drug-likeness (QED) is 0.429. The van der Waals surface area contributed by atoms with Gasteiger partial charge in [-0.15, -0.1) is 0 Å². The molecule has 1 rings (SSSR count). The molecule has 0 aliphatic carbocycles. The van der Waals surface area contributed by atoms with Crippen molar-refractivity contribution in [3.63, 3.8) is 0 Å². The Bertz CT molecular complexity index is 25.2. The second kappa shape index (κ2) is 4.02. The Hall–Kier alpha value is -0.150. The van der Waals surface area contributed by atoms with Crippen molar-refractivity contribution < 1.29 is 14.5 Å². The number of hydrogen-bond acceptors (Lipinski definition) is 2. The van der Waals surface area contributed by atoms with Crippen LogP contribution in [0.5, 0.6) is 0 Å². The van der Waals surface area contributed by atoms with Crippen LogP contribution in [0, 0.1) is 0 Å². The highest BCUT2D eigenvalue weighted by Gasteiger charge is 1.95. The van der Waals surface area contributed by atoms with Crippen LogP contribution in [0.1, 0.15) is 12.8 Å². The number of halogens is 1. The largest absolute Gasteiger partial charge is 0.269 e. The van der Waals surface area contributed by atoms with Gasteiger partial charge in [-0.3, -0.25) is 4.70 Å². The maximum Gasteiger partial charge on any atom is 0.0823 e. The molecule has 1 aliphatic rings. The molecule has 0 aromatic heterocycles. The third kappa shape index (κ3) is 2.53. The summed E-state index contributed by atoms with van der Waals surface area (Å²) in [5.41, 5.74) is 0. The molecule has 1 fully saturated rings. The zero-order valence-electron chi connectivity index (χ0n) is 4.05. The van der Waals surface area contributed by atoms with Gasteiger partial charge < -0.3 is 0 Å². The van der Waals surface area contributed by atoms with Crippen molar-refractivity contribution in [2.75, 3.05) is 13.2 Å². The first-order valence-electron chi connectivity index (χ1n) is 2.24. The van der Waals surface area contributed by atoms with Gasteiger partial charge in [0.1, 0.15) is 0 Å². The van der Waals surface area contributed by atoms with Gasteiger partial charge >= 0.3 is 0 Å². The summed E-state index contributed by atoms with van der Waals surface area (Å²) in [6, 6.07) is 0. The van der Waals surface area contributed by atoms with Crippen LogP contribution < -0.4 is 0 Å². The van der Waals surface area contributed by atoms with Crippen LogP contribution >= 0.6 is 0 Å². The molecule has 0 aromatic carbocycles. The van der Waals surface area contributed by atoms with Gasteiger partial charge in [0.25, 0.3) is 0 Å². The first-order valence-corrected chi connectivity index (χ1v) is 2.24. The van der Waals surface area contributed by atoms with Crippen LogP contribution in [0.2, 0.25) is 0 Å². The monoisotopic (exact) mass is 108 g/mol. The van der Waals surface area contributed by atoms with E-state index in [1.165, 1.54) is 0 Å². The first kappa shape index (κ1) is 6.85. The molecule has 1 aliphatic heterocycles. The van der Waals surface area contributed by atoms with E-state index >= 15 is 0 Å². The minimum Gasteiger partial charge on any atom is -0.269 e. The maximum atomic E-state index is 4.57. The van der Waals surface area contributed by atoms with E-state index in [0.717, 1.165) is 26.1 Å². The minimum atomic E-state index is 0. The van der Waals surface area contributed by atoms with Crippen molar-refractivity contribution in [2.45, 2.75) is 12.8 Å². The van der Waals surface area contributed by atoms with E-state index in [9.17, 15) is 0 Å². The van der Waals surface area contributed by atoms with Gasteiger partial charge in [-0.2, -0.15) is 0 Å². The third-order valence-corrected chi connectivity index (χ3v) is 0.789. The van der Waals surface area contributed by atoms with Crippen LogP contribution in [-0.4, -0.2) is 13.2 Å². The summed E-state index contributed by atoms with van der Waals surface area (Å²) in [6.45, 7) is 1.56. The Morgan fingerprint density at radius 3 is 1.43 bits per heavy atom. The molecule has 0 atom stereocenters. The molecule has 0 bridgehead atoms. The number of rotatable bonds is 0. The normalized spacial score (nSPS) is 20.6. The highest BCUT2D eigenvalue weighted by Crippen LogP contribution is 1.97. The predicted molar refractivity (Wildman–Crippen MR) is 23.6 cm³/mol. The Labute approximate surface area is 41.7 Å². The van der Waals surface area contributed by atoms with Crippen LogP contribution in [0.3, 0.4) is 0 Å². The van der Waals surface area contributed by atoms with Crippen LogP contribution in [0.15, 0.2) is 0 Å². The second-order valence-corrected chi connectivity index (χ2v) is 1.35. The lowest BCUT2D eigenvalue weighted by molar-refractivity contribution is -0.312. The molecule has 0 amide bonds.